The van der Waals surface area contributed by atoms with E-state index in [1.807, 2.05) is 48.5 Å². The number of carbonyl (C=O) groups is 1. The Balaban J connectivity index is 2.34. The van der Waals surface area contributed by atoms with Gasteiger partial charge >= 0.3 is 0 Å². The van der Waals surface area contributed by atoms with Gasteiger partial charge in [-0.25, -0.2) is 0 Å². The first kappa shape index (κ1) is 12.7. The Labute approximate surface area is 111 Å². The Bertz CT molecular complexity index is 563. The van der Waals surface area contributed by atoms with Crippen molar-refractivity contribution in [2.75, 3.05) is 0 Å². The minimum Gasteiger partial charge on any atom is -0.369 e. The molecule has 0 aliphatic heterocycles. The van der Waals surface area contributed by atoms with E-state index in [1.54, 1.807) is 6.92 Å². The third-order valence-electron chi connectivity index (χ3n) is 3.02. The molecule has 0 bridgehead atoms. The number of rotatable bonds is 3. The first-order chi connectivity index (χ1) is 8.59. The highest BCUT2D eigenvalue weighted by atomic mass is 35.5. The summed E-state index contributed by atoms with van der Waals surface area (Å²) in [7, 11) is 0. The van der Waals surface area contributed by atoms with E-state index >= 15 is 0 Å². The lowest BCUT2D eigenvalue weighted by molar-refractivity contribution is -0.119. The van der Waals surface area contributed by atoms with Crippen molar-refractivity contribution < 1.29 is 4.79 Å². The van der Waals surface area contributed by atoms with Gasteiger partial charge in [-0.2, -0.15) is 0 Å². The van der Waals surface area contributed by atoms with Crippen LogP contribution in [0.15, 0.2) is 48.5 Å². The standard InChI is InChI=1S/C15H14ClNO/c1-10(15(17)18)11-6-8-12(9-7-11)13-4-2-3-5-14(13)16/h2-10H,1H3,(H2,17,18). The largest absolute Gasteiger partial charge is 0.369 e. The van der Waals surface area contributed by atoms with E-state index in [0.29, 0.717) is 5.02 Å². The molecule has 0 heterocycles. The quantitative estimate of drug-likeness (QED) is 0.899. The number of carbonyl (C=O) groups excluding carboxylic acids is 1. The van der Waals surface area contributed by atoms with Crippen molar-refractivity contribution in [3.63, 3.8) is 0 Å². The molecule has 0 aromatic heterocycles. The summed E-state index contributed by atoms with van der Waals surface area (Å²) in [6, 6.07) is 15.4. The first-order valence-corrected chi connectivity index (χ1v) is 6.11. The summed E-state index contributed by atoms with van der Waals surface area (Å²) in [6.07, 6.45) is 0. The normalized spacial score (nSPS) is 12.1. The second-order valence-electron chi connectivity index (χ2n) is 4.23. The number of hydrogen-bond donors (Lipinski definition) is 1. The molecular weight excluding hydrogens is 246 g/mol. The molecule has 1 amide bonds. The Kier molecular flexibility index (Phi) is 3.68. The molecule has 1 unspecified atom stereocenters. The number of hydrogen-bond acceptors (Lipinski definition) is 1. The number of primary amides is 1. The molecule has 0 saturated carbocycles. The van der Waals surface area contributed by atoms with Crippen molar-refractivity contribution in [3.05, 3.63) is 59.1 Å². The summed E-state index contributed by atoms with van der Waals surface area (Å²) in [6.45, 7) is 1.80. The van der Waals surface area contributed by atoms with Gasteiger partial charge in [0, 0.05) is 10.6 Å². The Hall–Kier alpha value is -1.80. The zero-order valence-electron chi connectivity index (χ0n) is 10.1. The van der Waals surface area contributed by atoms with Gasteiger partial charge in [0.2, 0.25) is 5.91 Å². The van der Waals surface area contributed by atoms with E-state index in [9.17, 15) is 4.79 Å². The van der Waals surface area contributed by atoms with Crippen LogP contribution in [0.1, 0.15) is 18.4 Å². The number of nitrogens with two attached hydrogens (primary N) is 1. The summed E-state index contributed by atoms with van der Waals surface area (Å²) in [5.74, 6) is -0.592. The van der Waals surface area contributed by atoms with Gasteiger partial charge in [0.15, 0.2) is 0 Å². The van der Waals surface area contributed by atoms with Gasteiger partial charge in [0.25, 0.3) is 0 Å². The zero-order valence-corrected chi connectivity index (χ0v) is 10.8. The molecule has 0 aliphatic carbocycles. The minimum atomic E-state index is -0.319. The molecule has 2 rings (SSSR count). The van der Waals surface area contributed by atoms with E-state index in [-0.39, 0.29) is 11.8 Å². The molecule has 0 spiro atoms. The lowest BCUT2D eigenvalue weighted by Crippen LogP contribution is -2.18. The molecule has 0 aliphatic rings. The predicted molar refractivity (Wildman–Crippen MR) is 74.5 cm³/mol. The smallest absolute Gasteiger partial charge is 0.224 e. The number of amides is 1. The molecule has 3 heteroatoms. The van der Waals surface area contributed by atoms with Crippen molar-refractivity contribution in [1.29, 1.82) is 0 Å². The van der Waals surface area contributed by atoms with Crippen LogP contribution in [0.2, 0.25) is 5.02 Å². The average Bonchev–Trinajstić information content (AvgIpc) is 2.38. The van der Waals surface area contributed by atoms with Gasteiger partial charge in [-0.1, -0.05) is 54.1 Å². The van der Waals surface area contributed by atoms with Crippen LogP contribution in [0.5, 0.6) is 0 Å². The molecule has 92 valence electrons. The van der Waals surface area contributed by atoms with Crippen LogP contribution >= 0.6 is 11.6 Å². The highest BCUT2D eigenvalue weighted by Gasteiger charge is 2.11. The molecule has 2 aromatic rings. The second kappa shape index (κ2) is 5.23. The van der Waals surface area contributed by atoms with E-state index in [4.69, 9.17) is 17.3 Å². The van der Waals surface area contributed by atoms with Crippen LogP contribution in [0.25, 0.3) is 11.1 Å². The molecule has 0 saturated heterocycles. The molecule has 0 fully saturated rings. The fourth-order valence-corrected chi connectivity index (χ4v) is 2.06. The van der Waals surface area contributed by atoms with Crippen LogP contribution < -0.4 is 5.73 Å². The third-order valence-corrected chi connectivity index (χ3v) is 3.35. The van der Waals surface area contributed by atoms with E-state index in [2.05, 4.69) is 0 Å². The topological polar surface area (TPSA) is 43.1 Å². The van der Waals surface area contributed by atoms with Crippen molar-refractivity contribution >= 4 is 17.5 Å². The molecule has 0 radical (unpaired) electrons. The predicted octanol–water partition coefficient (Wildman–Crippen LogP) is 3.60. The van der Waals surface area contributed by atoms with Crippen molar-refractivity contribution in [2.45, 2.75) is 12.8 Å². The fourth-order valence-electron chi connectivity index (χ4n) is 1.81. The number of benzene rings is 2. The zero-order chi connectivity index (χ0) is 13.1. The maximum atomic E-state index is 11.1. The maximum Gasteiger partial charge on any atom is 0.224 e. The van der Waals surface area contributed by atoms with Gasteiger partial charge < -0.3 is 5.73 Å². The first-order valence-electron chi connectivity index (χ1n) is 5.74. The summed E-state index contributed by atoms with van der Waals surface area (Å²) in [4.78, 5) is 11.1. The average molecular weight is 260 g/mol. The minimum absolute atomic E-state index is 0.273. The Morgan fingerprint density at radius 3 is 2.28 bits per heavy atom. The molecule has 18 heavy (non-hydrogen) atoms. The van der Waals surface area contributed by atoms with Crippen molar-refractivity contribution in [3.8, 4) is 11.1 Å². The van der Waals surface area contributed by atoms with E-state index < -0.39 is 0 Å². The van der Waals surface area contributed by atoms with E-state index in [1.165, 1.54) is 0 Å². The van der Waals surface area contributed by atoms with Crippen molar-refractivity contribution in [1.82, 2.24) is 0 Å². The highest BCUT2D eigenvalue weighted by Crippen LogP contribution is 2.28. The van der Waals surface area contributed by atoms with Crippen LogP contribution in [-0.2, 0) is 4.79 Å². The highest BCUT2D eigenvalue weighted by molar-refractivity contribution is 6.33. The third kappa shape index (κ3) is 2.54. The lowest BCUT2D eigenvalue weighted by atomic mass is 9.97. The second-order valence-corrected chi connectivity index (χ2v) is 4.63. The van der Waals surface area contributed by atoms with Gasteiger partial charge in [-0.15, -0.1) is 0 Å². The summed E-state index contributed by atoms with van der Waals surface area (Å²) >= 11 is 6.14. The Morgan fingerprint density at radius 1 is 1.11 bits per heavy atom. The molecule has 1 atom stereocenters. The van der Waals surface area contributed by atoms with Gasteiger partial charge in [-0.3, -0.25) is 4.79 Å². The summed E-state index contributed by atoms with van der Waals surface area (Å²) in [5, 5.41) is 0.716. The van der Waals surface area contributed by atoms with Gasteiger partial charge in [0.05, 0.1) is 5.92 Å². The summed E-state index contributed by atoms with van der Waals surface area (Å²) < 4.78 is 0. The monoisotopic (exact) mass is 259 g/mol. The molecular formula is C15H14ClNO. The van der Waals surface area contributed by atoms with Crippen LogP contribution in [0.4, 0.5) is 0 Å². The lowest BCUT2D eigenvalue weighted by Gasteiger charge is -2.09. The van der Waals surface area contributed by atoms with Gasteiger partial charge in [0.1, 0.15) is 0 Å². The SMILES string of the molecule is CC(C(N)=O)c1ccc(-c2ccccc2Cl)cc1. The Morgan fingerprint density at radius 2 is 1.72 bits per heavy atom. The maximum absolute atomic E-state index is 11.1. The van der Waals surface area contributed by atoms with Crippen molar-refractivity contribution in [2.24, 2.45) is 5.73 Å². The molecule has 2 aromatic carbocycles. The summed E-state index contributed by atoms with van der Waals surface area (Å²) in [5.41, 5.74) is 8.21. The van der Waals surface area contributed by atoms with Crippen LogP contribution in [0.3, 0.4) is 0 Å². The van der Waals surface area contributed by atoms with Crippen LogP contribution in [-0.4, -0.2) is 5.91 Å². The van der Waals surface area contributed by atoms with Crippen LogP contribution in [0, 0.1) is 0 Å². The van der Waals surface area contributed by atoms with E-state index in [0.717, 1.165) is 16.7 Å². The fraction of sp³-hybridized carbons (Fsp3) is 0.133. The number of halogens is 1. The van der Waals surface area contributed by atoms with Gasteiger partial charge in [-0.05, 0) is 24.1 Å². The molecule has 2 nitrogen and oxygen atoms in total. The molecule has 2 N–H and O–H groups in total.